The maximum absolute atomic E-state index is 12.8. The summed E-state index contributed by atoms with van der Waals surface area (Å²) in [6.45, 7) is 6.99. The fourth-order valence-corrected chi connectivity index (χ4v) is 5.29. The molecule has 0 aromatic carbocycles. The Morgan fingerprint density at radius 1 is 1.35 bits per heavy atom. The van der Waals surface area contributed by atoms with Gasteiger partial charge in [-0.2, -0.15) is 0 Å². The predicted octanol–water partition coefficient (Wildman–Crippen LogP) is 4.10. The van der Waals surface area contributed by atoms with Gasteiger partial charge in [0.05, 0.1) is 10.3 Å². The number of aryl methyl sites for hydroxylation is 1. The molecule has 2 bridgehead atoms. The summed E-state index contributed by atoms with van der Waals surface area (Å²) in [5, 5.41) is 4.55. The summed E-state index contributed by atoms with van der Waals surface area (Å²) in [4.78, 5) is 25.1. The monoisotopic (exact) mass is 370 g/mol. The van der Waals surface area contributed by atoms with Crippen LogP contribution >= 0.6 is 11.3 Å². The van der Waals surface area contributed by atoms with Gasteiger partial charge >= 0.3 is 0 Å². The van der Waals surface area contributed by atoms with Gasteiger partial charge in [-0.1, -0.05) is 12.2 Å². The van der Waals surface area contributed by atoms with Crippen molar-refractivity contribution in [1.82, 2.24) is 14.9 Å². The quantitative estimate of drug-likeness (QED) is 0.805. The van der Waals surface area contributed by atoms with Crippen molar-refractivity contribution in [3.8, 4) is 0 Å². The van der Waals surface area contributed by atoms with Gasteiger partial charge in [0.2, 0.25) is 0 Å². The third-order valence-electron chi connectivity index (χ3n) is 5.96. The third-order valence-corrected chi connectivity index (χ3v) is 7.15. The largest absolute Gasteiger partial charge is 0.369 e. The summed E-state index contributed by atoms with van der Waals surface area (Å²) in [6.07, 6.45) is 8.93. The minimum absolute atomic E-state index is 0.0599. The van der Waals surface area contributed by atoms with E-state index in [-0.39, 0.29) is 11.9 Å². The van der Waals surface area contributed by atoms with E-state index in [1.54, 1.807) is 11.2 Å². The molecule has 5 nitrogen and oxygen atoms in total. The van der Waals surface area contributed by atoms with E-state index < -0.39 is 0 Å². The number of fused-ring (bicyclic) bond motifs is 3. The van der Waals surface area contributed by atoms with Crippen LogP contribution in [0.4, 0.5) is 5.82 Å². The number of aromatic nitrogens is 2. The highest BCUT2D eigenvalue weighted by molar-refractivity contribution is 7.20. The summed E-state index contributed by atoms with van der Waals surface area (Å²) >= 11 is 1.47. The van der Waals surface area contributed by atoms with Crippen LogP contribution in [0.1, 0.15) is 41.9 Å². The topological polar surface area (TPSA) is 58.1 Å². The van der Waals surface area contributed by atoms with Crippen molar-refractivity contribution in [3.63, 3.8) is 0 Å². The molecule has 2 aliphatic rings. The lowest BCUT2D eigenvalue weighted by atomic mass is 9.93. The van der Waals surface area contributed by atoms with Gasteiger partial charge in [-0.25, -0.2) is 9.97 Å². The Bertz CT molecular complexity index is 872. The zero-order valence-corrected chi connectivity index (χ0v) is 16.6. The van der Waals surface area contributed by atoms with E-state index in [4.69, 9.17) is 0 Å². The molecule has 2 heterocycles. The van der Waals surface area contributed by atoms with Crippen LogP contribution in [0.25, 0.3) is 10.2 Å². The third kappa shape index (κ3) is 2.90. The van der Waals surface area contributed by atoms with E-state index in [9.17, 15) is 4.79 Å². The second kappa shape index (κ2) is 6.65. The van der Waals surface area contributed by atoms with Crippen LogP contribution in [0.2, 0.25) is 0 Å². The zero-order valence-electron chi connectivity index (χ0n) is 15.8. The van der Waals surface area contributed by atoms with E-state index in [2.05, 4.69) is 27.4 Å². The molecule has 0 aliphatic heterocycles. The van der Waals surface area contributed by atoms with Crippen molar-refractivity contribution in [2.45, 2.75) is 39.7 Å². The summed E-state index contributed by atoms with van der Waals surface area (Å²) in [5.41, 5.74) is 0.985. The lowest BCUT2D eigenvalue weighted by Crippen LogP contribution is -2.32. The minimum atomic E-state index is 0.0599. The van der Waals surface area contributed by atoms with Crippen molar-refractivity contribution in [2.24, 2.45) is 17.8 Å². The first-order valence-electron chi connectivity index (χ1n) is 9.39. The van der Waals surface area contributed by atoms with E-state index in [1.165, 1.54) is 24.2 Å². The van der Waals surface area contributed by atoms with Crippen LogP contribution in [0.5, 0.6) is 0 Å². The van der Waals surface area contributed by atoms with Gasteiger partial charge < -0.3 is 10.2 Å². The van der Waals surface area contributed by atoms with Gasteiger partial charge in [-0.05, 0) is 56.9 Å². The molecule has 4 rings (SSSR count). The fraction of sp³-hybridized carbons (Fsp3) is 0.550. The standard InChI is InChI=1S/C20H26N4OS/c1-11(2)24(4)20(25)17-12(3)16-18(22-10-23-19(16)26-17)21-9-15-8-13-5-6-14(15)7-13/h5-6,10-11,13-15H,7-9H2,1-4H3,(H,21,22,23)/t13-,14+,15-/m0/s1. The Morgan fingerprint density at radius 2 is 2.15 bits per heavy atom. The second-order valence-electron chi connectivity index (χ2n) is 7.89. The van der Waals surface area contributed by atoms with Crippen molar-refractivity contribution in [3.05, 3.63) is 28.9 Å². The van der Waals surface area contributed by atoms with Crippen LogP contribution in [0.15, 0.2) is 18.5 Å². The number of carbonyl (C=O) groups is 1. The normalized spacial score (nSPS) is 24.0. The van der Waals surface area contributed by atoms with Crippen molar-refractivity contribution >= 4 is 33.3 Å². The number of carbonyl (C=O) groups excluding carboxylic acids is 1. The summed E-state index contributed by atoms with van der Waals surface area (Å²) < 4.78 is 0. The predicted molar refractivity (Wildman–Crippen MR) is 107 cm³/mol. The van der Waals surface area contributed by atoms with E-state index >= 15 is 0 Å². The first-order valence-corrected chi connectivity index (χ1v) is 10.2. The number of hydrogen-bond acceptors (Lipinski definition) is 5. The molecule has 1 amide bonds. The molecule has 0 radical (unpaired) electrons. The molecule has 2 aliphatic carbocycles. The van der Waals surface area contributed by atoms with Crippen LogP contribution < -0.4 is 5.32 Å². The van der Waals surface area contributed by atoms with Crippen LogP contribution in [-0.2, 0) is 0 Å². The number of nitrogens with one attached hydrogen (secondary N) is 1. The molecule has 0 unspecified atom stereocenters. The molecule has 2 aromatic heterocycles. The first-order chi connectivity index (χ1) is 12.5. The van der Waals surface area contributed by atoms with E-state index in [0.717, 1.165) is 38.9 Å². The average Bonchev–Trinajstić information content (AvgIpc) is 3.33. The van der Waals surface area contributed by atoms with Gasteiger partial charge in [-0.3, -0.25) is 4.79 Å². The lowest BCUT2D eigenvalue weighted by Gasteiger charge is -2.21. The number of allylic oxidation sites excluding steroid dienone is 2. The number of nitrogens with zero attached hydrogens (tertiary/aromatic N) is 3. The second-order valence-corrected chi connectivity index (χ2v) is 8.89. The van der Waals surface area contributed by atoms with Crippen molar-refractivity contribution in [2.75, 3.05) is 18.9 Å². The zero-order chi connectivity index (χ0) is 18.4. The lowest BCUT2D eigenvalue weighted by molar-refractivity contribution is 0.0759. The van der Waals surface area contributed by atoms with Gasteiger partial charge in [0, 0.05) is 19.6 Å². The van der Waals surface area contributed by atoms with Gasteiger partial charge in [0.1, 0.15) is 17.0 Å². The molecule has 2 aromatic rings. The SMILES string of the molecule is Cc1c(C(=O)N(C)C(C)C)sc2ncnc(NC[C@@H]3C[C@H]4C=C[C@@H]3C4)c12. The smallest absolute Gasteiger partial charge is 0.264 e. The minimum Gasteiger partial charge on any atom is -0.369 e. The maximum atomic E-state index is 12.8. The molecule has 1 fully saturated rings. The Morgan fingerprint density at radius 3 is 2.81 bits per heavy atom. The molecule has 1 N–H and O–H groups in total. The van der Waals surface area contributed by atoms with Gasteiger partial charge in [0.15, 0.2) is 0 Å². The average molecular weight is 371 g/mol. The van der Waals surface area contributed by atoms with Crippen LogP contribution in [0.3, 0.4) is 0 Å². The number of amides is 1. The molecule has 1 saturated carbocycles. The van der Waals surface area contributed by atoms with Gasteiger partial charge in [-0.15, -0.1) is 11.3 Å². The molecule has 0 saturated heterocycles. The Labute approximate surface area is 158 Å². The summed E-state index contributed by atoms with van der Waals surface area (Å²) in [5.74, 6) is 3.09. The maximum Gasteiger partial charge on any atom is 0.264 e. The summed E-state index contributed by atoms with van der Waals surface area (Å²) in [7, 11) is 1.85. The highest BCUT2D eigenvalue weighted by atomic mass is 32.1. The first kappa shape index (κ1) is 17.5. The Hall–Kier alpha value is -1.95. The van der Waals surface area contributed by atoms with Crippen LogP contribution in [0, 0.1) is 24.7 Å². The molecule has 6 heteroatoms. The Kier molecular flexibility index (Phi) is 4.47. The highest BCUT2D eigenvalue weighted by Crippen LogP contribution is 2.43. The van der Waals surface area contributed by atoms with E-state index in [0.29, 0.717) is 11.8 Å². The summed E-state index contributed by atoms with van der Waals surface area (Å²) in [6, 6.07) is 0.168. The molecular weight excluding hydrogens is 344 g/mol. The van der Waals surface area contributed by atoms with Crippen LogP contribution in [-0.4, -0.2) is 40.4 Å². The molecule has 0 spiro atoms. The highest BCUT2D eigenvalue weighted by Gasteiger charge is 2.35. The number of thiophene rings is 1. The number of anilines is 1. The molecule has 26 heavy (non-hydrogen) atoms. The molecule has 138 valence electrons. The van der Waals surface area contributed by atoms with Gasteiger partial charge in [0.25, 0.3) is 5.91 Å². The number of rotatable bonds is 5. The molecule has 3 atom stereocenters. The van der Waals surface area contributed by atoms with Crippen molar-refractivity contribution < 1.29 is 4.79 Å². The van der Waals surface area contributed by atoms with E-state index in [1.807, 2.05) is 27.8 Å². The Balaban J connectivity index is 1.60. The fourth-order valence-electron chi connectivity index (χ4n) is 4.16. The molecular formula is C20H26N4OS. The number of hydrogen-bond donors (Lipinski definition) is 1. The van der Waals surface area contributed by atoms with Crippen molar-refractivity contribution in [1.29, 1.82) is 0 Å².